The molecule has 1 aromatic rings. The smallest absolute Gasteiger partial charge is 0.141 e. The summed E-state index contributed by atoms with van der Waals surface area (Å²) in [5.74, 6) is 0.951. The van der Waals surface area contributed by atoms with Gasteiger partial charge in [0.15, 0.2) is 0 Å². The summed E-state index contributed by atoms with van der Waals surface area (Å²) in [6, 6.07) is 3.02. The Morgan fingerprint density at radius 1 is 1.54 bits per heavy atom. The van der Waals surface area contributed by atoms with Crippen LogP contribution in [0.4, 0.5) is 10.2 Å². The third-order valence-electron chi connectivity index (χ3n) is 2.23. The highest BCUT2D eigenvalue weighted by Crippen LogP contribution is 2.39. The highest BCUT2D eigenvalue weighted by Gasteiger charge is 2.41. The Bertz CT molecular complexity index is 295. The van der Waals surface area contributed by atoms with E-state index < -0.39 is 0 Å². The molecule has 0 atom stereocenters. The molecule has 70 valence electrons. The molecule has 1 fully saturated rings. The first-order valence-corrected chi connectivity index (χ1v) is 4.73. The van der Waals surface area contributed by atoms with Gasteiger partial charge in [-0.25, -0.2) is 9.37 Å². The van der Waals surface area contributed by atoms with Gasteiger partial charge in [-0.1, -0.05) is 0 Å². The lowest BCUT2D eigenvalue weighted by atomic mass is 10.3. The van der Waals surface area contributed by atoms with Crippen LogP contribution in [0, 0.1) is 5.82 Å². The Morgan fingerprint density at radius 3 is 2.77 bits per heavy atom. The molecule has 1 saturated carbocycles. The number of hydrogen-bond donors (Lipinski definition) is 1. The van der Waals surface area contributed by atoms with Crippen LogP contribution in [0.1, 0.15) is 12.8 Å². The predicted molar refractivity (Wildman–Crippen MR) is 50.5 cm³/mol. The van der Waals surface area contributed by atoms with E-state index in [1.807, 2.05) is 0 Å². The molecule has 0 amide bonds. The van der Waals surface area contributed by atoms with E-state index in [-0.39, 0.29) is 11.4 Å². The van der Waals surface area contributed by atoms with Crippen molar-refractivity contribution in [3.8, 4) is 0 Å². The van der Waals surface area contributed by atoms with Gasteiger partial charge in [0.25, 0.3) is 0 Å². The van der Waals surface area contributed by atoms with E-state index in [1.54, 1.807) is 6.07 Å². The Kier molecular flexibility index (Phi) is 2.12. The SMILES string of the molecule is Fc1ccc(NC2(CCl)CC2)nc1. The molecule has 1 N–H and O–H groups in total. The molecule has 1 aromatic heterocycles. The maximum absolute atomic E-state index is 12.5. The monoisotopic (exact) mass is 200 g/mol. The molecule has 2 nitrogen and oxygen atoms in total. The van der Waals surface area contributed by atoms with Crippen molar-refractivity contribution < 1.29 is 4.39 Å². The van der Waals surface area contributed by atoms with Crippen LogP contribution in [0.5, 0.6) is 0 Å². The molecule has 0 bridgehead atoms. The fraction of sp³-hybridized carbons (Fsp3) is 0.444. The van der Waals surface area contributed by atoms with E-state index in [2.05, 4.69) is 10.3 Å². The molecule has 4 heteroatoms. The lowest BCUT2D eigenvalue weighted by Gasteiger charge is -2.13. The van der Waals surface area contributed by atoms with Crippen molar-refractivity contribution in [1.29, 1.82) is 0 Å². The average Bonchev–Trinajstić information content (AvgIpc) is 2.90. The van der Waals surface area contributed by atoms with E-state index >= 15 is 0 Å². The number of aromatic nitrogens is 1. The van der Waals surface area contributed by atoms with Gasteiger partial charge in [-0.15, -0.1) is 11.6 Å². The largest absolute Gasteiger partial charge is 0.363 e. The van der Waals surface area contributed by atoms with Gasteiger partial charge in [-0.05, 0) is 25.0 Å². The van der Waals surface area contributed by atoms with Crippen LogP contribution in [-0.4, -0.2) is 16.4 Å². The van der Waals surface area contributed by atoms with Gasteiger partial charge in [0.05, 0.1) is 11.7 Å². The van der Waals surface area contributed by atoms with Gasteiger partial charge in [0.1, 0.15) is 11.6 Å². The predicted octanol–water partition coefficient (Wildman–Crippen LogP) is 2.40. The third-order valence-corrected chi connectivity index (χ3v) is 2.74. The first-order valence-electron chi connectivity index (χ1n) is 4.20. The van der Waals surface area contributed by atoms with Crippen molar-refractivity contribution >= 4 is 17.4 Å². The molecule has 0 saturated heterocycles. The Balaban J connectivity index is 2.06. The Morgan fingerprint density at radius 2 is 2.31 bits per heavy atom. The van der Waals surface area contributed by atoms with Crippen LogP contribution in [0.15, 0.2) is 18.3 Å². The fourth-order valence-electron chi connectivity index (χ4n) is 1.16. The van der Waals surface area contributed by atoms with E-state index in [0.717, 1.165) is 12.8 Å². The molecule has 0 aliphatic heterocycles. The minimum absolute atomic E-state index is 0.0202. The molecule has 2 rings (SSSR count). The minimum Gasteiger partial charge on any atom is -0.363 e. The van der Waals surface area contributed by atoms with E-state index in [1.165, 1.54) is 12.3 Å². The number of pyridine rings is 1. The van der Waals surface area contributed by atoms with Gasteiger partial charge < -0.3 is 5.32 Å². The second kappa shape index (κ2) is 3.14. The molecule has 0 unspecified atom stereocenters. The maximum atomic E-state index is 12.5. The summed E-state index contributed by atoms with van der Waals surface area (Å²) < 4.78 is 12.5. The summed E-state index contributed by atoms with van der Waals surface area (Å²) in [4.78, 5) is 3.91. The van der Waals surface area contributed by atoms with Crippen LogP contribution in [0.2, 0.25) is 0 Å². The topological polar surface area (TPSA) is 24.9 Å². The van der Waals surface area contributed by atoms with Crippen LogP contribution in [0.25, 0.3) is 0 Å². The van der Waals surface area contributed by atoms with Crippen molar-refractivity contribution in [1.82, 2.24) is 4.98 Å². The van der Waals surface area contributed by atoms with Crippen LogP contribution in [0.3, 0.4) is 0 Å². The summed E-state index contributed by atoms with van der Waals surface area (Å²) in [5, 5.41) is 3.20. The number of hydrogen-bond acceptors (Lipinski definition) is 2. The van der Waals surface area contributed by atoms with Crippen molar-refractivity contribution in [3.05, 3.63) is 24.1 Å². The van der Waals surface area contributed by atoms with Crippen molar-refractivity contribution in [2.75, 3.05) is 11.2 Å². The summed E-state index contributed by atoms with van der Waals surface area (Å²) in [7, 11) is 0. The first kappa shape index (κ1) is 8.75. The van der Waals surface area contributed by atoms with E-state index in [9.17, 15) is 4.39 Å². The number of alkyl halides is 1. The quantitative estimate of drug-likeness (QED) is 0.758. The van der Waals surface area contributed by atoms with Gasteiger partial charge in [-0.3, -0.25) is 0 Å². The molecule has 1 aliphatic rings. The van der Waals surface area contributed by atoms with Crippen molar-refractivity contribution in [2.24, 2.45) is 0 Å². The standard InChI is InChI=1S/C9H10ClFN2/c10-6-9(3-4-9)13-8-2-1-7(11)5-12-8/h1-2,5H,3-4,6H2,(H,12,13). The molecule has 1 heterocycles. The molecular formula is C9H10ClFN2. The van der Waals surface area contributed by atoms with Crippen LogP contribution >= 0.6 is 11.6 Å². The van der Waals surface area contributed by atoms with Gasteiger partial charge in [0, 0.05) is 5.88 Å². The zero-order valence-corrected chi connectivity index (χ0v) is 7.81. The number of rotatable bonds is 3. The zero-order chi connectivity index (χ0) is 9.31. The van der Waals surface area contributed by atoms with Gasteiger partial charge >= 0.3 is 0 Å². The normalized spacial score (nSPS) is 18.3. The molecule has 0 spiro atoms. The summed E-state index contributed by atoms with van der Waals surface area (Å²) in [5.41, 5.74) is 0.0202. The Labute approximate surface area is 81.1 Å². The molecular weight excluding hydrogens is 191 g/mol. The average molecular weight is 201 g/mol. The van der Waals surface area contributed by atoms with Crippen LogP contribution < -0.4 is 5.32 Å². The highest BCUT2D eigenvalue weighted by atomic mass is 35.5. The lowest BCUT2D eigenvalue weighted by molar-refractivity contribution is 0.621. The molecule has 0 radical (unpaired) electrons. The summed E-state index contributed by atoms with van der Waals surface area (Å²) >= 11 is 5.77. The zero-order valence-electron chi connectivity index (χ0n) is 7.06. The third kappa shape index (κ3) is 1.91. The second-order valence-electron chi connectivity index (χ2n) is 3.40. The van der Waals surface area contributed by atoms with Crippen LogP contribution in [-0.2, 0) is 0 Å². The second-order valence-corrected chi connectivity index (χ2v) is 3.67. The number of nitrogens with one attached hydrogen (secondary N) is 1. The molecule has 13 heavy (non-hydrogen) atoms. The summed E-state index contributed by atoms with van der Waals surface area (Å²) in [6.45, 7) is 0. The fourth-order valence-corrected chi connectivity index (χ4v) is 1.50. The molecule has 1 aliphatic carbocycles. The van der Waals surface area contributed by atoms with E-state index in [0.29, 0.717) is 11.7 Å². The Hall–Kier alpha value is -0.830. The minimum atomic E-state index is -0.318. The maximum Gasteiger partial charge on any atom is 0.141 e. The molecule has 0 aromatic carbocycles. The van der Waals surface area contributed by atoms with Crippen molar-refractivity contribution in [3.63, 3.8) is 0 Å². The number of halogens is 2. The highest BCUT2D eigenvalue weighted by molar-refractivity contribution is 6.19. The number of anilines is 1. The van der Waals surface area contributed by atoms with E-state index in [4.69, 9.17) is 11.6 Å². The van der Waals surface area contributed by atoms with Gasteiger partial charge in [0.2, 0.25) is 0 Å². The lowest BCUT2D eigenvalue weighted by Crippen LogP contribution is -2.23. The summed E-state index contributed by atoms with van der Waals surface area (Å²) in [6.07, 6.45) is 3.33. The van der Waals surface area contributed by atoms with Crippen molar-refractivity contribution in [2.45, 2.75) is 18.4 Å². The number of nitrogens with zero attached hydrogens (tertiary/aromatic N) is 1. The first-order chi connectivity index (χ1) is 6.24. The van der Waals surface area contributed by atoms with Gasteiger partial charge in [-0.2, -0.15) is 0 Å².